The van der Waals surface area contributed by atoms with Crippen LogP contribution in [-0.2, 0) is 13.1 Å². The minimum Gasteiger partial charge on any atom is -0.478 e. The van der Waals surface area contributed by atoms with Gasteiger partial charge in [-0.2, -0.15) is 0 Å². The normalized spacial score (nSPS) is 11.3. The Morgan fingerprint density at radius 1 is 0.851 bits per heavy atom. The molecule has 0 aliphatic carbocycles. The third kappa shape index (κ3) is 10.2. The van der Waals surface area contributed by atoms with Crippen molar-refractivity contribution in [1.82, 2.24) is 9.88 Å². The van der Waals surface area contributed by atoms with E-state index in [0.717, 1.165) is 22.8 Å². The number of aromatic carboxylic acids is 1. The van der Waals surface area contributed by atoms with E-state index in [4.69, 9.17) is 10.1 Å². The van der Waals surface area contributed by atoms with Gasteiger partial charge >= 0.3 is 12.0 Å². The molecule has 4 rings (SSSR count). The number of rotatable bonds is 16. The quantitative estimate of drug-likeness (QED) is 0.126. The van der Waals surface area contributed by atoms with Crippen LogP contribution in [0.15, 0.2) is 78.2 Å². The van der Waals surface area contributed by atoms with Crippen molar-refractivity contribution in [2.45, 2.75) is 92.3 Å². The van der Waals surface area contributed by atoms with Gasteiger partial charge < -0.3 is 20.2 Å². The van der Waals surface area contributed by atoms with Gasteiger partial charge in [-0.25, -0.2) is 14.6 Å². The SMILES string of the molecule is CCCC(CCC)c1ccc(N(Cc2ccc(-c3csc(CN(CC(C)C)C(=O)Nc4ccc(C(=O)O)cc4)n3)cc2)C(C)C)cc1. The molecule has 250 valence electrons. The van der Waals surface area contributed by atoms with Crippen LogP contribution in [0.4, 0.5) is 16.2 Å². The van der Waals surface area contributed by atoms with E-state index in [-0.39, 0.29) is 17.5 Å². The fraction of sp³-hybridized carbons (Fsp3) is 0.410. The van der Waals surface area contributed by atoms with Gasteiger partial charge in [0.25, 0.3) is 0 Å². The maximum atomic E-state index is 13.2. The molecule has 2 N–H and O–H groups in total. The van der Waals surface area contributed by atoms with Crippen molar-refractivity contribution in [2.24, 2.45) is 5.92 Å². The zero-order chi connectivity index (χ0) is 33.9. The number of hydrogen-bond acceptors (Lipinski definition) is 5. The highest BCUT2D eigenvalue weighted by Crippen LogP contribution is 2.30. The van der Waals surface area contributed by atoms with Crippen molar-refractivity contribution in [2.75, 3.05) is 16.8 Å². The first-order valence-electron chi connectivity index (χ1n) is 16.9. The monoisotopic (exact) mass is 654 g/mol. The average Bonchev–Trinajstić information content (AvgIpc) is 3.52. The molecule has 2 amide bonds. The zero-order valence-corrected chi connectivity index (χ0v) is 29.5. The van der Waals surface area contributed by atoms with Crippen LogP contribution >= 0.6 is 11.3 Å². The standard InChI is InChI=1S/C39H50N4O3S/c1-7-9-30(10-8-2)31-17-21-35(22-18-31)43(28(5)6)24-29-11-13-32(14-12-29)36-26-47-37(41-36)25-42(23-27(3)4)39(46)40-34-19-15-33(16-20-34)38(44)45/h11-22,26-28,30H,7-10,23-25H2,1-6H3,(H,40,46)(H,44,45). The zero-order valence-electron chi connectivity index (χ0n) is 28.7. The Morgan fingerprint density at radius 2 is 1.49 bits per heavy atom. The Morgan fingerprint density at radius 3 is 2.04 bits per heavy atom. The molecular weight excluding hydrogens is 605 g/mol. The van der Waals surface area contributed by atoms with Crippen LogP contribution in [0.25, 0.3) is 11.3 Å². The lowest BCUT2D eigenvalue weighted by Gasteiger charge is -2.30. The van der Waals surface area contributed by atoms with E-state index in [1.165, 1.54) is 54.6 Å². The Kier molecular flexibility index (Phi) is 13.0. The molecule has 0 aliphatic heterocycles. The van der Waals surface area contributed by atoms with Gasteiger partial charge in [0.15, 0.2) is 0 Å². The Labute approximate surface area is 284 Å². The molecule has 3 aromatic carbocycles. The summed E-state index contributed by atoms with van der Waals surface area (Å²) in [4.78, 5) is 33.4. The van der Waals surface area contributed by atoms with E-state index in [0.29, 0.717) is 30.7 Å². The van der Waals surface area contributed by atoms with E-state index < -0.39 is 5.97 Å². The molecule has 7 nitrogen and oxygen atoms in total. The third-order valence-corrected chi connectivity index (χ3v) is 9.16. The van der Waals surface area contributed by atoms with E-state index in [9.17, 15) is 9.59 Å². The lowest BCUT2D eigenvalue weighted by Crippen LogP contribution is -2.37. The van der Waals surface area contributed by atoms with Crippen LogP contribution in [0.5, 0.6) is 0 Å². The molecule has 0 saturated heterocycles. The highest BCUT2D eigenvalue weighted by atomic mass is 32.1. The van der Waals surface area contributed by atoms with E-state index in [2.05, 4.69) is 100 Å². The van der Waals surface area contributed by atoms with Gasteiger partial charge in [-0.3, -0.25) is 0 Å². The second-order valence-electron chi connectivity index (χ2n) is 13.0. The van der Waals surface area contributed by atoms with Crippen LogP contribution < -0.4 is 10.2 Å². The van der Waals surface area contributed by atoms with Crippen LogP contribution in [0.3, 0.4) is 0 Å². The summed E-state index contributed by atoms with van der Waals surface area (Å²) in [6, 6.07) is 24.2. The minimum absolute atomic E-state index is 0.176. The van der Waals surface area contributed by atoms with Crippen LogP contribution in [0, 0.1) is 5.92 Å². The summed E-state index contributed by atoms with van der Waals surface area (Å²) in [5, 5.41) is 15.0. The van der Waals surface area contributed by atoms with Crippen molar-refractivity contribution in [1.29, 1.82) is 0 Å². The first-order chi connectivity index (χ1) is 22.6. The third-order valence-electron chi connectivity index (χ3n) is 8.33. The number of nitrogens with one attached hydrogen (secondary N) is 1. The van der Waals surface area contributed by atoms with Gasteiger partial charge in [0, 0.05) is 41.4 Å². The highest BCUT2D eigenvalue weighted by molar-refractivity contribution is 7.09. The summed E-state index contributed by atoms with van der Waals surface area (Å²) in [5.74, 6) is -0.0879. The van der Waals surface area contributed by atoms with E-state index in [1.807, 2.05) is 5.38 Å². The van der Waals surface area contributed by atoms with Crippen LogP contribution in [0.1, 0.15) is 99.6 Å². The number of aromatic nitrogens is 1. The van der Waals surface area contributed by atoms with Gasteiger partial charge in [0.1, 0.15) is 5.01 Å². The van der Waals surface area contributed by atoms with Crippen molar-refractivity contribution in [3.05, 3.63) is 99.9 Å². The number of nitrogens with zero attached hydrogens (tertiary/aromatic N) is 3. The first kappa shape index (κ1) is 35.7. The van der Waals surface area contributed by atoms with Crippen molar-refractivity contribution in [3.63, 3.8) is 0 Å². The molecule has 0 atom stereocenters. The maximum absolute atomic E-state index is 13.2. The topological polar surface area (TPSA) is 85.8 Å². The Bertz CT molecular complexity index is 1560. The molecule has 1 heterocycles. The fourth-order valence-electron chi connectivity index (χ4n) is 5.90. The number of carbonyl (C=O) groups is 2. The number of carboxylic acids is 1. The molecule has 0 unspecified atom stereocenters. The lowest BCUT2D eigenvalue weighted by atomic mass is 9.90. The summed E-state index contributed by atoms with van der Waals surface area (Å²) in [5.41, 5.74) is 6.62. The smallest absolute Gasteiger partial charge is 0.335 e. The van der Waals surface area contributed by atoms with Gasteiger partial charge in [0.05, 0.1) is 17.8 Å². The molecule has 0 saturated carbocycles. The second kappa shape index (κ2) is 17.1. The number of benzene rings is 3. The number of anilines is 2. The predicted molar refractivity (Wildman–Crippen MR) is 196 cm³/mol. The van der Waals surface area contributed by atoms with Crippen molar-refractivity contribution in [3.8, 4) is 11.3 Å². The van der Waals surface area contributed by atoms with E-state index >= 15 is 0 Å². The molecule has 47 heavy (non-hydrogen) atoms. The van der Waals surface area contributed by atoms with Gasteiger partial charge in [0.2, 0.25) is 0 Å². The summed E-state index contributed by atoms with van der Waals surface area (Å²) < 4.78 is 0. The van der Waals surface area contributed by atoms with Crippen molar-refractivity contribution >= 4 is 34.7 Å². The van der Waals surface area contributed by atoms with Gasteiger partial charge in [-0.15, -0.1) is 11.3 Å². The largest absolute Gasteiger partial charge is 0.478 e. The molecule has 0 aliphatic rings. The number of amides is 2. The number of thiazole rings is 1. The summed E-state index contributed by atoms with van der Waals surface area (Å²) in [6.45, 7) is 15.0. The van der Waals surface area contributed by atoms with Crippen LogP contribution in [0.2, 0.25) is 0 Å². The Hall–Kier alpha value is -4.17. The molecular formula is C39H50N4O3S. The van der Waals surface area contributed by atoms with E-state index in [1.54, 1.807) is 28.4 Å². The maximum Gasteiger partial charge on any atom is 0.335 e. The van der Waals surface area contributed by atoms with Gasteiger partial charge in [-0.05, 0) is 86.1 Å². The fourth-order valence-corrected chi connectivity index (χ4v) is 6.72. The predicted octanol–water partition coefficient (Wildman–Crippen LogP) is 10.3. The molecule has 0 radical (unpaired) electrons. The number of urea groups is 1. The molecule has 0 spiro atoms. The van der Waals surface area contributed by atoms with Crippen LogP contribution in [-0.4, -0.2) is 39.6 Å². The lowest BCUT2D eigenvalue weighted by molar-refractivity contribution is 0.0697. The van der Waals surface area contributed by atoms with Crippen molar-refractivity contribution < 1.29 is 14.7 Å². The second-order valence-corrected chi connectivity index (χ2v) is 13.9. The summed E-state index contributed by atoms with van der Waals surface area (Å²) >= 11 is 1.55. The van der Waals surface area contributed by atoms with Gasteiger partial charge in [-0.1, -0.05) is 76.9 Å². The molecule has 0 bridgehead atoms. The minimum atomic E-state index is -1.00. The number of carboxylic acid groups (broad SMARTS) is 1. The molecule has 0 fully saturated rings. The Balaban J connectivity index is 1.41. The summed E-state index contributed by atoms with van der Waals surface area (Å²) in [7, 11) is 0. The molecule has 1 aromatic heterocycles. The average molecular weight is 655 g/mol. The highest BCUT2D eigenvalue weighted by Gasteiger charge is 2.19. The summed E-state index contributed by atoms with van der Waals surface area (Å²) in [6.07, 6.45) is 4.91. The number of carbonyl (C=O) groups excluding carboxylic acids is 1. The first-order valence-corrected chi connectivity index (χ1v) is 17.7. The molecule has 8 heteroatoms. The number of hydrogen-bond donors (Lipinski definition) is 2. The molecule has 4 aromatic rings.